The SMILES string of the molecule is [2H]OO[C@@H]1C[C@@H](C(N)=O)N(Cc2cc3c(Nc4cccc(Cl)c4F)ncnc3cc2OC)C1. The predicted octanol–water partition coefficient (Wildman–Crippen LogP) is 3.09. The van der Waals surface area contributed by atoms with E-state index in [-0.39, 0.29) is 10.7 Å². The van der Waals surface area contributed by atoms with Crippen molar-refractivity contribution in [3.63, 3.8) is 0 Å². The van der Waals surface area contributed by atoms with Crippen LogP contribution in [0.5, 0.6) is 5.75 Å². The van der Waals surface area contributed by atoms with Gasteiger partial charge in [0.2, 0.25) is 5.91 Å². The summed E-state index contributed by atoms with van der Waals surface area (Å²) in [5, 5.41) is 7.60. The quantitative estimate of drug-likeness (QED) is 0.345. The third kappa shape index (κ3) is 4.30. The maximum absolute atomic E-state index is 14.4. The van der Waals surface area contributed by atoms with Crippen molar-refractivity contribution >= 4 is 39.9 Å². The average Bonchev–Trinajstić information content (AvgIpc) is 3.19. The van der Waals surface area contributed by atoms with Crippen LogP contribution < -0.4 is 15.8 Å². The Balaban J connectivity index is 1.70. The molecule has 1 fully saturated rings. The number of rotatable bonds is 8. The van der Waals surface area contributed by atoms with Crippen molar-refractivity contribution in [1.29, 1.82) is 1.43 Å². The Bertz CT molecular complexity index is 1190. The van der Waals surface area contributed by atoms with Gasteiger partial charge in [0.25, 0.3) is 1.43 Å². The molecule has 32 heavy (non-hydrogen) atoms. The number of amides is 1. The second-order valence-corrected chi connectivity index (χ2v) is 7.84. The molecule has 0 saturated carbocycles. The van der Waals surface area contributed by atoms with E-state index in [1.807, 2.05) is 11.0 Å². The number of nitrogens with one attached hydrogen (secondary N) is 1. The Morgan fingerprint density at radius 2 is 2.31 bits per heavy atom. The number of halogens is 2. The van der Waals surface area contributed by atoms with E-state index >= 15 is 0 Å². The molecule has 2 atom stereocenters. The number of carbonyl (C=O) groups is 1. The highest BCUT2D eigenvalue weighted by Gasteiger charge is 2.37. The van der Waals surface area contributed by atoms with Gasteiger partial charge >= 0.3 is 0 Å². The zero-order valence-corrected chi connectivity index (χ0v) is 17.8. The largest absolute Gasteiger partial charge is 0.496 e. The fourth-order valence-electron chi connectivity index (χ4n) is 3.89. The van der Waals surface area contributed by atoms with Crippen molar-refractivity contribution in [2.75, 3.05) is 19.0 Å². The van der Waals surface area contributed by atoms with Crippen molar-refractivity contribution in [3.05, 3.63) is 53.1 Å². The number of aromatic nitrogens is 2. The highest BCUT2D eigenvalue weighted by atomic mass is 35.5. The summed E-state index contributed by atoms with van der Waals surface area (Å²) < 4.78 is 26.8. The van der Waals surface area contributed by atoms with Gasteiger partial charge in [-0.3, -0.25) is 15.0 Å². The number of benzene rings is 2. The smallest absolute Gasteiger partial charge is 0.255 e. The van der Waals surface area contributed by atoms with Crippen LogP contribution in [0.4, 0.5) is 15.9 Å². The maximum atomic E-state index is 14.4. The summed E-state index contributed by atoms with van der Waals surface area (Å²) in [6.45, 7) is 0.627. The highest BCUT2D eigenvalue weighted by Crippen LogP contribution is 2.33. The Labute approximate surface area is 189 Å². The number of nitrogens with two attached hydrogens (primary N) is 1. The summed E-state index contributed by atoms with van der Waals surface area (Å²) in [5.41, 5.74) is 7.04. The number of ether oxygens (including phenoxy) is 1. The normalized spacial score (nSPS) is 19.2. The molecule has 9 nitrogen and oxygen atoms in total. The predicted molar refractivity (Wildman–Crippen MR) is 116 cm³/mol. The number of hydrogen-bond acceptors (Lipinski definition) is 8. The molecular weight excluding hydrogens is 441 g/mol. The first-order valence-electron chi connectivity index (χ1n) is 10.2. The Morgan fingerprint density at radius 3 is 3.06 bits per heavy atom. The molecule has 1 amide bonds. The zero-order chi connectivity index (χ0) is 23.5. The molecule has 1 saturated heterocycles. The lowest BCUT2D eigenvalue weighted by atomic mass is 10.1. The first-order valence-corrected chi connectivity index (χ1v) is 10.1. The molecule has 1 aliphatic rings. The molecule has 0 bridgehead atoms. The van der Waals surface area contributed by atoms with Gasteiger partial charge in [-0.1, -0.05) is 17.7 Å². The number of methoxy groups -OCH3 is 1. The van der Waals surface area contributed by atoms with Crippen molar-refractivity contribution in [2.24, 2.45) is 5.73 Å². The molecule has 2 heterocycles. The molecule has 0 radical (unpaired) electrons. The molecule has 2 aromatic carbocycles. The minimum atomic E-state index is -0.601. The first kappa shape index (κ1) is 20.8. The number of fused-ring (bicyclic) bond motifs is 1. The van der Waals surface area contributed by atoms with Crippen LogP contribution in [-0.2, 0) is 16.2 Å². The molecule has 0 spiro atoms. The van der Waals surface area contributed by atoms with Gasteiger partial charge in [0.1, 0.15) is 24.0 Å². The maximum Gasteiger partial charge on any atom is 0.255 e. The van der Waals surface area contributed by atoms with Gasteiger partial charge in [0, 0.05) is 36.5 Å². The Morgan fingerprint density at radius 1 is 1.47 bits per heavy atom. The van der Waals surface area contributed by atoms with Gasteiger partial charge in [0.05, 0.1) is 29.4 Å². The van der Waals surface area contributed by atoms with E-state index in [4.69, 9.17) is 28.4 Å². The lowest BCUT2D eigenvalue weighted by Gasteiger charge is -2.23. The lowest BCUT2D eigenvalue weighted by Crippen LogP contribution is -2.39. The summed E-state index contributed by atoms with van der Waals surface area (Å²) in [6.07, 6.45) is 1.19. The van der Waals surface area contributed by atoms with Crippen LogP contribution in [0.1, 0.15) is 12.0 Å². The standard InChI is InChI=1S/C21H21ClFN5O4/c1-31-18-7-16-13(5-11(18)8-28-9-12(32-30)6-17(28)20(24)29)21(26-10-25-16)27-15-4-2-3-14(22)19(15)23/h2-5,7,10,12,17,30H,6,8-9H2,1H3,(H2,24,29)(H,25,26,27)/t12-,17+/m1/s1/i/hD. The number of likely N-dealkylation sites (tertiary alicyclic amines) is 1. The molecule has 4 rings (SSSR count). The number of hydrogen-bond donors (Lipinski definition) is 3. The summed E-state index contributed by atoms with van der Waals surface area (Å²) in [7, 11) is 1.53. The molecule has 11 heteroatoms. The van der Waals surface area contributed by atoms with E-state index in [0.717, 1.165) is 5.56 Å². The topological polar surface area (TPSA) is 123 Å². The summed E-state index contributed by atoms with van der Waals surface area (Å²) >= 11 is 5.89. The van der Waals surface area contributed by atoms with E-state index in [0.29, 0.717) is 42.0 Å². The summed E-state index contributed by atoms with van der Waals surface area (Å²) in [6, 6.07) is 7.58. The van der Waals surface area contributed by atoms with Crippen LogP contribution in [0.25, 0.3) is 12.3 Å². The third-order valence-corrected chi connectivity index (χ3v) is 5.74. The zero-order valence-electron chi connectivity index (χ0n) is 18.0. The molecule has 1 aliphatic heterocycles. The molecular formula is C21H21ClFN5O4. The fourth-order valence-corrected chi connectivity index (χ4v) is 4.07. The van der Waals surface area contributed by atoms with Gasteiger partial charge in [-0.25, -0.2) is 19.2 Å². The van der Waals surface area contributed by atoms with Crippen LogP contribution in [0, 0.1) is 5.82 Å². The average molecular weight is 463 g/mol. The number of nitrogens with zero attached hydrogens (tertiary/aromatic N) is 3. The minimum Gasteiger partial charge on any atom is -0.496 e. The molecule has 0 unspecified atom stereocenters. The lowest BCUT2D eigenvalue weighted by molar-refractivity contribution is -0.274. The van der Waals surface area contributed by atoms with Crippen LogP contribution in [-0.4, -0.2) is 51.8 Å². The van der Waals surface area contributed by atoms with Gasteiger partial charge in [-0.05, 0) is 18.2 Å². The van der Waals surface area contributed by atoms with Crippen molar-refractivity contribution in [3.8, 4) is 5.75 Å². The van der Waals surface area contributed by atoms with E-state index in [1.54, 1.807) is 18.2 Å². The van der Waals surface area contributed by atoms with Crippen molar-refractivity contribution in [2.45, 2.75) is 25.1 Å². The molecule has 168 valence electrons. The van der Waals surface area contributed by atoms with Gasteiger partial charge in [0.15, 0.2) is 5.82 Å². The molecule has 0 aliphatic carbocycles. The summed E-state index contributed by atoms with van der Waals surface area (Å²) in [4.78, 5) is 27.2. The van der Waals surface area contributed by atoms with Crippen LogP contribution >= 0.6 is 11.6 Å². The second-order valence-electron chi connectivity index (χ2n) is 7.43. The van der Waals surface area contributed by atoms with Crippen molar-refractivity contribution < 1.29 is 24.1 Å². The van der Waals surface area contributed by atoms with Gasteiger partial charge in [-0.15, -0.1) is 0 Å². The Kier molecular flexibility index (Phi) is 5.99. The molecule has 1 aromatic heterocycles. The van der Waals surface area contributed by atoms with Gasteiger partial charge < -0.3 is 15.8 Å². The number of carbonyl (C=O) groups excluding carboxylic acids is 1. The van der Waals surface area contributed by atoms with Crippen molar-refractivity contribution in [1.82, 2.24) is 14.9 Å². The van der Waals surface area contributed by atoms with Gasteiger partial charge in [-0.2, -0.15) is 0 Å². The number of anilines is 2. The fraction of sp³-hybridized carbons (Fsp3) is 0.286. The van der Waals surface area contributed by atoms with E-state index < -0.39 is 23.9 Å². The molecule has 3 aromatic rings. The highest BCUT2D eigenvalue weighted by molar-refractivity contribution is 6.31. The summed E-state index contributed by atoms with van der Waals surface area (Å²) in [5.74, 6) is -0.177. The second kappa shape index (κ2) is 9.21. The van der Waals surface area contributed by atoms with E-state index in [9.17, 15) is 9.18 Å². The van der Waals surface area contributed by atoms with Crippen LogP contribution in [0.3, 0.4) is 0 Å². The Hall–Kier alpha value is -3.05. The number of primary amides is 1. The van der Waals surface area contributed by atoms with Crippen LogP contribution in [0.15, 0.2) is 36.7 Å². The molecule has 4 N–H and O–H groups in total. The monoisotopic (exact) mass is 462 g/mol. The van der Waals surface area contributed by atoms with Crippen LogP contribution in [0.2, 0.25) is 5.02 Å². The third-order valence-electron chi connectivity index (χ3n) is 5.45. The van der Waals surface area contributed by atoms with E-state index in [2.05, 4.69) is 20.5 Å². The minimum absolute atomic E-state index is 0.0133. The van der Waals surface area contributed by atoms with E-state index in [1.165, 1.54) is 19.5 Å². The first-order chi connectivity index (χ1) is 15.9.